The van der Waals surface area contributed by atoms with E-state index >= 15 is 0 Å². The predicted octanol–water partition coefficient (Wildman–Crippen LogP) is 4.97. The molecule has 1 atom stereocenters. The van der Waals surface area contributed by atoms with Crippen molar-refractivity contribution >= 4 is 15.9 Å². The van der Waals surface area contributed by atoms with E-state index in [1.165, 1.54) is 16.1 Å². The standard InChI is InChI=1S/C27H40F3N3O3S/c1-18(2)25-24-9-6-21(26(34)31-15-19-10-12-33(13-11-19)37(3,35)36)14-22(24)17-32(25)16-20-4-7-23(8-5-20)27(28,29)30/h6,9,14,18-20,23,25H,4-5,7-8,10-13,15-17H2,1-3H3,(H,31,34)/t20-,23-,25-/m1/s1. The molecule has 37 heavy (non-hydrogen) atoms. The number of nitrogens with zero attached hydrogens (tertiary/aromatic N) is 2. The third kappa shape index (κ3) is 6.87. The fourth-order valence-electron chi connectivity index (χ4n) is 6.43. The van der Waals surface area contributed by atoms with Crippen molar-refractivity contribution in [3.8, 4) is 0 Å². The summed E-state index contributed by atoms with van der Waals surface area (Å²) in [5, 5.41) is 3.03. The van der Waals surface area contributed by atoms with Crippen molar-refractivity contribution < 1.29 is 26.4 Å². The van der Waals surface area contributed by atoms with Crippen LogP contribution in [0.1, 0.15) is 79.9 Å². The molecule has 1 aromatic rings. The molecule has 6 nitrogen and oxygen atoms in total. The highest BCUT2D eigenvalue weighted by Crippen LogP contribution is 2.43. The Hall–Kier alpha value is -1.65. The molecule has 208 valence electrons. The number of fused-ring (bicyclic) bond motifs is 1. The topological polar surface area (TPSA) is 69.7 Å². The first-order valence-corrected chi connectivity index (χ1v) is 15.3. The molecule has 3 aliphatic rings. The van der Waals surface area contributed by atoms with Crippen LogP contribution in [-0.4, -0.2) is 62.1 Å². The molecule has 2 heterocycles. The highest BCUT2D eigenvalue weighted by molar-refractivity contribution is 7.88. The van der Waals surface area contributed by atoms with Gasteiger partial charge in [0, 0.05) is 44.3 Å². The van der Waals surface area contributed by atoms with Gasteiger partial charge in [0.2, 0.25) is 10.0 Å². The summed E-state index contributed by atoms with van der Waals surface area (Å²) < 4.78 is 64.1. The number of sulfonamides is 1. The lowest BCUT2D eigenvalue weighted by Gasteiger charge is -2.35. The molecule has 1 amide bonds. The average molecular weight is 544 g/mol. The van der Waals surface area contributed by atoms with Gasteiger partial charge in [0.25, 0.3) is 5.91 Å². The minimum absolute atomic E-state index is 0.127. The molecule has 1 aromatic carbocycles. The van der Waals surface area contributed by atoms with Crippen LogP contribution in [0.4, 0.5) is 13.2 Å². The minimum atomic E-state index is -4.08. The lowest BCUT2D eigenvalue weighted by atomic mass is 9.81. The Bertz CT molecular complexity index is 1060. The first kappa shape index (κ1) is 28.4. The van der Waals surface area contributed by atoms with Gasteiger partial charge in [-0.1, -0.05) is 19.9 Å². The van der Waals surface area contributed by atoms with E-state index in [-0.39, 0.29) is 36.6 Å². The second-order valence-electron chi connectivity index (χ2n) is 11.6. The summed E-state index contributed by atoms with van der Waals surface area (Å²) in [4.78, 5) is 15.3. The molecule has 2 fully saturated rings. The van der Waals surface area contributed by atoms with Crippen molar-refractivity contribution in [1.29, 1.82) is 0 Å². The van der Waals surface area contributed by atoms with E-state index < -0.39 is 22.1 Å². The van der Waals surface area contributed by atoms with E-state index in [1.807, 2.05) is 18.2 Å². The predicted molar refractivity (Wildman–Crippen MR) is 137 cm³/mol. The molecule has 4 rings (SSSR count). The van der Waals surface area contributed by atoms with E-state index in [4.69, 9.17) is 0 Å². The number of hydrogen-bond acceptors (Lipinski definition) is 4. The Balaban J connectivity index is 1.33. The summed E-state index contributed by atoms with van der Waals surface area (Å²) in [6.07, 6.45) is 0.266. The third-order valence-corrected chi connectivity index (χ3v) is 9.82. The van der Waals surface area contributed by atoms with Crippen LogP contribution in [0.3, 0.4) is 0 Å². The summed E-state index contributed by atoms with van der Waals surface area (Å²) in [7, 11) is -3.17. The first-order valence-electron chi connectivity index (χ1n) is 13.5. The summed E-state index contributed by atoms with van der Waals surface area (Å²) in [6, 6.07) is 6.08. The van der Waals surface area contributed by atoms with Crippen molar-refractivity contribution in [2.24, 2.45) is 23.7 Å². The fourth-order valence-corrected chi connectivity index (χ4v) is 7.31. The number of hydrogen-bond donors (Lipinski definition) is 1. The van der Waals surface area contributed by atoms with E-state index in [0.29, 0.717) is 50.5 Å². The maximum absolute atomic E-state index is 13.1. The number of alkyl halides is 3. The van der Waals surface area contributed by atoms with Gasteiger partial charge in [0.15, 0.2) is 0 Å². The number of piperidine rings is 1. The fraction of sp³-hybridized carbons (Fsp3) is 0.741. The number of nitrogens with one attached hydrogen (secondary N) is 1. The lowest BCUT2D eigenvalue weighted by molar-refractivity contribution is -0.184. The van der Waals surface area contributed by atoms with Crippen LogP contribution in [0, 0.1) is 23.7 Å². The van der Waals surface area contributed by atoms with Gasteiger partial charge < -0.3 is 5.32 Å². The summed E-state index contributed by atoms with van der Waals surface area (Å²) in [6.45, 7) is 7.34. The number of carbonyl (C=O) groups excluding carboxylic acids is 1. The van der Waals surface area contributed by atoms with Gasteiger partial charge in [-0.15, -0.1) is 0 Å². The van der Waals surface area contributed by atoms with Crippen molar-refractivity contribution in [2.75, 3.05) is 32.4 Å². The quantitative estimate of drug-likeness (QED) is 0.527. The smallest absolute Gasteiger partial charge is 0.352 e. The Morgan fingerprint density at radius 2 is 1.70 bits per heavy atom. The molecule has 1 saturated heterocycles. The summed E-state index contributed by atoms with van der Waals surface area (Å²) in [5.74, 6) is -0.409. The zero-order valence-corrected chi connectivity index (χ0v) is 22.9. The Labute approximate surface area is 219 Å². The van der Waals surface area contributed by atoms with Crippen LogP contribution in [0.15, 0.2) is 18.2 Å². The Morgan fingerprint density at radius 3 is 2.27 bits per heavy atom. The number of rotatable bonds is 7. The average Bonchev–Trinajstić information content (AvgIpc) is 3.19. The SMILES string of the molecule is CC(C)[C@@H]1c2ccc(C(=O)NCC3CCN(S(C)(=O)=O)CC3)cc2CN1C[C@H]1CC[C@H](C(F)(F)F)CC1. The molecule has 0 unspecified atom stereocenters. The van der Waals surface area contributed by atoms with Crippen LogP contribution in [0.5, 0.6) is 0 Å². The molecule has 0 radical (unpaired) electrons. The third-order valence-electron chi connectivity index (χ3n) is 8.52. The van der Waals surface area contributed by atoms with Crippen LogP contribution in [0.25, 0.3) is 0 Å². The molecule has 0 aromatic heterocycles. The number of benzene rings is 1. The minimum Gasteiger partial charge on any atom is -0.352 e. The van der Waals surface area contributed by atoms with Crippen LogP contribution in [-0.2, 0) is 16.6 Å². The number of amides is 1. The lowest BCUT2D eigenvalue weighted by Crippen LogP contribution is -2.41. The molecule has 1 aliphatic carbocycles. The maximum Gasteiger partial charge on any atom is 0.391 e. The van der Waals surface area contributed by atoms with Gasteiger partial charge >= 0.3 is 6.18 Å². The highest BCUT2D eigenvalue weighted by Gasteiger charge is 2.42. The van der Waals surface area contributed by atoms with E-state index in [2.05, 4.69) is 24.1 Å². The van der Waals surface area contributed by atoms with E-state index in [1.54, 1.807) is 0 Å². The molecular weight excluding hydrogens is 503 g/mol. The van der Waals surface area contributed by atoms with Gasteiger partial charge in [0.05, 0.1) is 12.2 Å². The largest absolute Gasteiger partial charge is 0.391 e. The monoisotopic (exact) mass is 543 g/mol. The molecule has 10 heteroatoms. The highest BCUT2D eigenvalue weighted by atomic mass is 32.2. The van der Waals surface area contributed by atoms with Gasteiger partial charge in [-0.3, -0.25) is 9.69 Å². The van der Waals surface area contributed by atoms with Gasteiger partial charge in [-0.05, 0) is 79.5 Å². The van der Waals surface area contributed by atoms with Crippen molar-refractivity contribution in [2.45, 2.75) is 71.1 Å². The van der Waals surface area contributed by atoms with Crippen LogP contribution in [0.2, 0.25) is 0 Å². The molecular formula is C27H40F3N3O3S. The first-order chi connectivity index (χ1) is 17.3. The molecule has 1 saturated carbocycles. The van der Waals surface area contributed by atoms with E-state index in [9.17, 15) is 26.4 Å². The van der Waals surface area contributed by atoms with Crippen molar-refractivity contribution in [1.82, 2.24) is 14.5 Å². The zero-order valence-electron chi connectivity index (χ0n) is 22.1. The second kappa shape index (κ2) is 11.2. The van der Waals surface area contributed by atoms with Crippen LogP contribution >= 0.6 is 0 Å². The van der Waals surface area contributed by atoms with Crippen molar-refractivity contribution in [3.63, 3.8) is 0 Å². The van der Waals surface area contributed by atoms with Gasteiger partial charge in [-0.2, -0.15) is 13.2 Å². The Kier molecular flexibility index (Phi) is 8.60. The Morgan fingerprint density at radius 1 is 1.05 bits per heavy atom. The number of carbonyl (C=O) groups is 1. The summed E-state index contributed by atoms with van der Waals surface area (Å²) >= 11 is 0. The molecule has 1 N–H and O–H groups in total. The maximum atomic E-state index is 13.1. The van der Waals surface area contributed by atoms with E-state index in [0.717, 1.165) is 24.9 Å². The zero-order chi connectivity index (χ0) is 27.0. The normalized spacial score (nSPS) is 26.4. The molecule has 0 bridgehead atoms. The molecule has 2 aliphatic heterocycles. The van der Waals surface area contributed by atoms with Gasteiger partial charge in [0.1, 0.15) is 0 Å². The second-order valence-corrected chi connectivity index (χ2v) is 13.6. The number of halogens is 3. The van der Waals surface area contributed by atoms with Gasteiger partial charge in [-0.25, -0.2) is 12.7 Å². The van der Waals surface area contributed by atoms with Crippen LogP contribution < -0.4 is 5.32 Å². The molecule has 0 spiro atoms. The van der Waals surface area contributed by atoms with Crippen molar-refractivity contribution in [3.05, 3.63) is 34.9 Å². The summed E-state index contributed by atoms with van der Waals surface area (Å²) in [5.41, 5.74) is 2.95.